The van der Waals surface area contributed by atoms with E-state index in [0.29, 0.717) is 25.8 Å². The van der Waals surface area contributed by atoms with Gasteiger partial charge in [0.05, 0.1) is 12.5 Å². The Morgan fingerprint density at radius 2 is 1.44 bits per heavy atom. The largest absolute Gasteiger partial charge is 0.481 e. The van der Waals surface area contributed by atoms with E-state index in [-0.39, 0.29) is 6.42 Å². The van der Waals surface area contributed by atoms with Gasteiger partial charge in [0.2, 0.25) is 23.6 Å². The number of nitrogens with one attached hydrogen (secondary N) is 3. The lowest BCUT2D eigenvalue weighted by Crippen LogP contribution is -2.56. The van der Waals surface area contributed by atoms with E-state index in [4.69, 9.17) is 27.4 Å². The third-order valence-corrected chi connectivity index (χ3v) is 4.36. The number of hydrogen-bond acceptors (Lipinski definition) is 8. The Balaban J connectivity index is 5.09. The normalized spacial score (nSPS) is 14.3. The van der Waals surface area contributed by atoms with Gasteiger partial charge in [0.25, 0.3) is 0 Å². The van der Waals surface area contributed by atoms with Crippen molar-refractivity contribution < 1.29 is 39.0 Å². The molecule has 14 nitrogen and oxygen atoms in total. The zero-order valence-corrected chi connectivity index (χ0v) is 17.8. The summed E-state index contributed by atoms with van der Waals surface area (Å²) in [4.78, 5) is 69.9. The van der Waals surface area contributed by atoms with Crippen LogP contribution in [0.2, 0.25) is 0 Å². The fourth-order valence-corrected chi connectivity index (χ4v) is 2.53. The first kappa shape index (κ1) is 28.7. The molecule has 4 unspecified atom stereocenters. The zero-order valence-electron chi connectivity index (χ0n) is 17.8. The monoisotopic (exact) mass is 460 g/mol. The summed E-state index contributed by atoms with van der Waals surface area (Å²) in [6.45, 7) is 1.67. The summed E-state index contributed by atoms with van der Waals surface area (Å²) in [5, 5.41) is 24.6. The molecule has 0 aromatic rings. The van der Waals surface area contributed by atoms with Crippen LogP contribution in [0.15, 0.2) is 0 Å². The van der Waals surface area contributed by atoms with E-state index in [9.17, 15) is 28.8 Å². The van der Waals surface area contributed by atoms with Crippen molar-refractivity contribution in [3.63, 3.8) is 0 Å². The Morgan fingerprint density at radius 3 is 1.94 bits per heavy atom. The fourth-order valence-electron chi connectivity index (χ4n) is 2.53. The number of primary amides is 1. The van der Waals surface area contributed by atoms with Crippen LogP contribution in [0, 0.1) is 0 Å². The van der Waals surface area contributed by atoms with Gasteiger partial charge in [-0.05, 0) is 32.7 Å². The predicted octanol–water partition coefficient (Wildman–Crippen LogP) is -3.26. The van der Waals surface area contributed by atoms with Crippen molar-refractivity contribution >= 4 is 35.6 Å². The molecular formula is C18H32N6O8. The van der Waals surface area contributed by atoms with Crippen molar-refractivity contribution in [3.05, 3.63) is 0 Å². The second-order valence-electron chi connectivity index (χ2n) is 7.18. The molecule has 0 spiro atoms. The highest BCUT2D eigenvalue weighted by Crippen LogP contribution is 2.03. The molecule has 0 bridgehead atoms. The minimum absolute atomic E-state index is 0.268. The Hall–Kier alpha value is -3.26. The average Bonchev–Trinajstić information content (AvgIpc) is 2.69. The smallest absolute Gasteiger partial charge is 0.326 e. The van der Waals surface area contributed by atoms with Crippen LogP contribution < -0.4 is 33.2 Å². The van der Waals surface area contributed by atoms with Crippen LogP contribution in [0.1, 0.15) is 45.4 Å². The second kappa shape index (κ2) is 14.7. The van der Waals surface area contributed by atoms with Crippen LogP contribution in [0.4, 0.5) is 0 Å². The standard InChI is InChI=1S/C18H32N6O8/c1-9(15(28)24-12(18(31)32)8-13(21)25)22-17(30)11(5-6-14(26)27)23-16(29)10(20)4-2-3-7-19/h9-12H,2-8,19-20H2,1H3,(H2,21,25)(H,22,30)(H,23,29)(H,24,28)(H,26,27)(H,31,32). The number of hydrogen-bond donors (Lipinski definition) is 8. The van der Waals surface area contributed by atoms with Crippen LogP contribution in [0.5, 0.6) is 0 Å². The topological polar surface area (TPSA) is 257 Å². The summed E-state index contributed by atoms with van der Waals surface area (Å²) < 4.78 is 0. The molecule has 182 valence electrons. The highest BCUT2D eigenvalue weighted by molar-refractivity contribution is 5.94. The van der Waals surface area contributed by atoms with Crippen LogP contribution in [-0.4, -0.2) is 76.5 Å². The van der Waals surface area contributed by atoms with E-state index in [0.717, 1.165) is 0 Å². The number of nitrogens with two attached hydrogens (primary N) is 3. The second-order valence-corrected chi connectivity index (χ2v) is 7.18. The first-order chi connectivity index (χ1) is 14.9. The minimum Gasteiger partial charge on any atom is -0.481 e. The third kappa shape index (κ3) is 11.8. The van der Waals surface area contributed by atoms with Gasteiger partial charge in [0.15, 0.2) is 0 Å². The van der Waals surface area contributed by atoms with Gasteiger partial charge in [-0.15, -0.1) is 0 Å². The maximum absolute atomic E-state index is 12.5. The van der Waals surface area contributed by atoms with Gasteiger partial charge >= 0.3 is 11.9 Å². The van der Waals surface area contributed by atoms with Crippen molar-refractivity contribution in [2.45, 2.75) is 69.6 Å². The lowest BCUT2D eigenvalue weighted by atomic mass is 10.1. The predicted molar refractivity (Wildman–Crippen MR) is 111 cm³/mol. The van der Waals surface area contributed by atoms with Crippen molar-refractivity contribution in [1.82, 2.24) is 16.0 Å². The Bertz CT molecular complexity index is 701. The summed E-state index contributed by atoms with van der Waals surface area (Å²) in [6, 6.07) is -5.09. The number of carboxylic acid groups (broad SMARTS) is 2. The Labute approximate surface area is 184 Å². The van der Waals surface area contributed by atoms with E-state index in [1.54, 1.807) is 0 Å². The number of rotatable bonds is 16. The molecule has 4 atom stereocenters. The molecule has 0 aliphatic carbocycles. The lowest BCUT2D eigenvalue weighted by Gasteiger charge is -2.23. The van der Waals surface area contributed by atoms with Crippen molar-refractivity contribution in [2.75, 3.05) is 6.54 Å². The van der Waals surface area contributed by atoms with Gasteiger partial charge < -0.3 is 43.4 Å². The highest BCUT2D eigenvalue weighted by atomic mass is 16.4. The third-order valence-electron chi connectivity index (χ3n) is 4.36. The number of carboxylic acids is 2. The molecule has 0 saturated heterocycles. The Morgan fingerprint density at radius 1 is 0.844 bits per heavy atom. The van der Waals surface area contributed by atoms with Gasteiger partial charge in [-0.1, -0.05) is 6.42 Å². The van der Waals surface area contributed by atoms with E-state index >= 15 is 0 Å². The molecule has 32 heavy (non-hydrogen) atoms. The molecule has 0 aromatic heterocycles. The molecule has 0 aliphatic rings. The molecule has 0 rings (SSSR count). The molecule has 0 heterocycles. The summed E-state index contributed by atoms with van der Waals surface area (Å²) in [6.07, 6.45) is 0.192. The number of aliphatic carboxylic acids is 2. The van der Waals surface area contributed by atoms with Crippen molar-refractivity contribution in [1.29, 1.82) is 0 Å². The number of carbonyl (C=O) groups is 6. The van der Waals surface area contributed by atoms with Gasteiger partial charge in [-0.2, -0.15) is 0 Å². The van der Waals surface area contributed by atoms with Gasteiger partial charge in [-0.25, -0.2) is 4.79 Å². The SMILES string of the molecule is CC(NC(=O)C(CCC(=O)O)NC(=O)C(N)CCCCN)C(=O)NC(CC(N)=O)C(=O)O. The molecule has 0 aromatic carbocycles. The molecule has 0 fully saturated rings. The van der Waals surface area contributed by atoms with Gasteiger partial charge in [0, 0.05) is 6.42 Å². The van der Waals surface area contributed by atoms with Crippen LogP contribution >= 0.6 is 0 Å². The Kier molecular flexibility index (Phi) is 13.2. The van der Waals surface area contributed by atoms with E-state index in [1.807, 2.05) is 0 Å². The summed E-state index contributed by atoms with van der Waals surface area (Å²) in [5.74, 6) is -6.10. The number of carbonyl (C=O) groups excluding carboxylic acids is 4. The fraction of sp³-hybridized carbons (Fsp3) is 0.667. The summed E-state index contributed by atoms with van der Waals surface area (Å²) in [5.41, 5.74) is 16.1. The first-order valence-corrected chi connectivity index (χ1v) is 9.98. The van der Waals surface area contributed by atoms with E-state index in [2.05, 4.69) is 16.0 Å². The molecule has 4 amide bonds. The molecule has 0 aliphatic heterocycles. The summed E-state index contributed by atoms with van der Waals surface area (Å²) >= 11 is 0. The molecule has 11 N–H and O–H groups in total. The minimum atomic E-state index is -1.59. The van der Waals surface area contributed by atoms with Crippen LogP contribution in [-0.2, 0) is 28.8 Å². The van der Waals surface area contributed by atoms with E-state index in [1.165, 1.54) is 6.92 Å². The highest BCUT2D eigenvalue weighted by Gasteiger charge is 2.29. The quantitative estimate of drug-likeness (QED) is 0.107. The maximum Gasteiger partial charge on any atom is 0.326 e. The van der Waals surface area contributed by atoms with Crippen LogP contribution in [0.25, 0.3) is 0 Å². The van der Waals surface area contributed by atoms with E-state index < -0.39 is 72.6 Å². The first-order valence-electron chi connectivity index (χ1n) is 9.98. The van der Waals surface area contributed by atoms with Crippen molar-refractivity contribution in [3.8, 4) is 0 Å². The molecule has 0 radical (unpaired) electrons. The molecule has 0 saturated carbocycles. The number of unbranched alkanes of at least 4 members (excludes halogenated alkanes) is 1. The molecule has 14 heteroatoms. The zero-order chi connectivity index (χ0) is 24.8. The lowest BCUT2D eigenvalue weighted by molar-refractivity contribution is -0.143. The average molecular weight is 460 g/mol. The maximum atomic E-state index is 12.5. The van der Waals surface area contributed by atoms with Gasteiger partial charge in [0.1, 0.15) is 18.1 Å². The molecular weight excluding hydrogens is 428 g/mol. The van der Waals surface area contributed by atoms with Crippen molar-refractivity contribution in [2.24, 2.45) is 17.2 Å². The van der Waals surface area contributed by atoms with Crippen LogP contribution in [0.3, 0.4) is 0 Å². The number of amides is 4. The van der Waals surface area contributed by atoms with Gasteiger partial charge in [-0.3, -0.25) is 24.0 Å². The summed E-state index contributed by atoms with van der Waals surface area (Å²) in [7, 11) is 0.